The molecule has 3 aromatic heterocycles. The molecular weight excluding hydrogens is 532 g/mol. The highest BCUT2D eigenvalue weighted by Crippen LogP contribution is 2.34. The fraction of sp³-hybridized carbons (Fsp3) is 0.440. The van der Waals surface area contributed by atoms with Crippen LogP contribution in [0.15, 0.2) is 35.0 Å². The number of anilines is 3. The van der Waals surface area contributed by atoms with Crippen LogP contribution in [0, 0.1) is 5.92 Å². The zero-order valence-corrected chi connectivity index (χ0v) is 22.4. The highest BCUT2D eigenvalue weighted by atomic mass is 35.5. The first-order chi connectivity index (χ1) is 18.2. The van der Waals surface area contributed by atoms with E-state index in [2.05, 4.69) is 30.2 Å². The molecule has 3 N–H and O–H groups in total. The number of aromatic nitrogens is 2. The summed E-state index contributed by atoms with van der Waals surface area (Å²) in [4.78, 5) is 37.4. The van der Waals surface area contributed by atoms with Gasteiger partial charge < -0.3 is 20.0 Å². The second-order valence-corrected chi connectivity index (χ2v) is 12.0. The van der Waals surface area contributed by atoms with E-state index in [1.54, 1.807) is 6.07 Å². The van der Waals surface area contributed by atoms with E-state index in [1.807, 2.05) is 0 Å². The van der Waals surface area contributed by atoms with E-state index in [1.165, 1.54) is 37.4 Å². The molecule has 3 aromatic rings. The zero-order chi connectivity index (χ0) is 26.9. The zero-order valence-electron chi connectivity index (χ0n) is 20.9. The molecule has 1 saturated heterocycles. The third-order valence-corrected chi connectivity index (χ3v) is 7.81. The number of rotatable bonds is 7. The molecule has 13 heteroatoms. The number of likely N-dealkylation sites (tertiary alicyclic amines) is 1. The number of hydrogen-bond acceptors (Lipinski definition) is 8. The van der Waals surface area contributed by atoms with Gasteiger partial charge in [-0.05, 0) is 63.7 Å². The van der Waals surface area contributed by atoms with Crippen LogP contribution in [0.4, 0.5) is 17.2 Å². The summed E-state index contributed by atoms with van der Waals surface area (Å²) in [5, 5.41) is 5.92. The van der Waals surface area contributed by atoms with Crippen molar-refractivity contribution in [3.8, 4) is 0 Å². The number of hydrogen-bond donors (Lipinski definition) is 3. The van der Waals surface area contributed by atoms with Crippen LogP contribution in [-0.4, -0.2) is 60.5 Å². The van der Waals surface area contributed by atoms with Crippen molar-refractivity contribution < 1.29 is 22.4 Å². The van der Waals surface area contributed by atoms with Gasteiger partial charge in [0.1, 0.15) is 17.0 Å². The molecule has 202 valence electrons. The van der Waals surface area contributed by atoms with Gasteiger partial charge in [0.25, 0.3) is 5.91 Å². The van der Waals surface area contributed by atoms with Crippen LogP contribution >= 0.6 is 11.6 Å². The summed E-state index contributed by atoms with van der Waals surface area (Å²) in [6.07, 6.45) is 9.61. The molecule has 0 bridgehead atoms. The maximum absolute atomic E-state index is 13.3. The predicted octanol–water partition coefficient (Wildman–Crippen LogP) is 4.09. The number of amides is 2. The van der Waals surface area contributed by atoms with Crippen molar-refractivity contribution in [2.45, 2.75) is 44.6 Å². The van der Waals surface area contributed by atoms with E-state index in [0.29, 0.717) is 11.1 Å². The Morgan fingerprint density at radius 1 is 1.05 bits per heavy atom. The SMILES string of the molecule is CS(=O)(=O)Nc1cnc2c(NC(=O)C3CCC(N4CCCC4)CC3)c(C(=O)Nc3ccc(Cl)cn3)oc2c1. The number of carbonyl (C=O) groups is 2. The lowest BCUT2D eigenvalue weighted by molar-refractivity contribution is -0.121. The fourth-order valence-corrected chi connectivity index (χ4v) is 5.83. The molecule has 2 fully saturated rings. The third kappa shape index (κ3) is 6.08. The molecule has 5 rings (SSSR count). The smallest absolute Gasteiger partial charge is 0.294 e. The molecule has 1 aliphatic carbocycles. The topological polar surface area (TPSA) is 147 Å². The minimum atomic E-state index is -3.56. The highest BCUT2D eigenvalue weighted by Gasteiger charge is 2.32. The Kier molecular flexibility index (Phi) is 7.55. The molecule has 11 nitrogen and oxygen atoms in total. The average molecular weight is 561 g/mol. The van der Waals surface area contributed by atoms with Crippen LogP contribution in [0.1, 0.15) is 49.1 Å². The summed E-state index contributed by atoms with van der Waals surface area (Å²) < 4.78 is 31.5. The molecule has 0 spiro atoms. The van der Waals surface area contributed by atoms with Gasteiger partial charge in [-0.25, -0.2) is 18.4 Å². The van der Waals surface area contributed by atoms with Crippen molar-refractivity contribution in [3.05, 3.63) is 41.4 Å². The third-order valence-electron chi connectivity index (χ3n) is 6.98. The molecule has 0 unspecified atom stereocenters. The molecule has 2 amide bonds. The summed E-state index contributed by atoms with van der Waals surface area (Å²) in [5.74, 6) is -0.974. The fourth-order valence-electron chi connectivity index (χ4n) is 5.18. The van der Waals surface area contributed by atoms with Crippen molar-refractivity contribution in [1.29, 1.82) is 0 Å². The quantitative estimate of drug-likeness (QED) is 0.391. The molecule has 0 atom stereocenters. The Hall–Kier alpha value is -3.22. The lowest BCUT2D eigenvalue weighted by Gasteiger charge is -2.33. The summed E-state index contributed by atoms with van der Waals surface area (Å²) in [6, 6.07) is 5.05. The molecule has 4 heterocycles. The minimum absolute atomic E-state index is 0.129. The minimum Gasteiger partial charge on any atom is -0.447 e. The first-order valence-corrected chi connectivity index (χ1v) is 14.8. The predicted molar refractivity (Wildman–Crippen MR) is 145 cm³/mol. The normalized spacial score (nSPS) is 20.4. The highest BCUT2D eigenvalue weighted by molar-refractivity contribution is 7.92. The second kappa shape index (κ2) is 10.9. The molecule has 0 radical (unpaired) electrons. The van der Waals surface area contributed by atoms with Gasteiger partial charge in [0, 0.05) is 24.2 Å². The summed E-state index contributed by atoms with van der Waals surface area (Å²) in [7, 11) is -3.56. The van der Waals surface area contributed by atoms with E-state index in [4.69, 9.17) is 16.0 Å². The number of nitrogens with one attached hydrogen (secondary N) is 3. The Balaban J connectivity index is 1.39. The average Bonchev–Trinajstić information content (AvgIpc) is 3.53. The van der Waals surface area contributed by atoms with Crippen LogP contribution in [0.3, 0.4) is 0 Å². The summed E-state index contributed by atoms with van der Waals surface area (Å²) in [6.45, 7) is 2.26. The monoisotopic (exact) mass is 560 g/mol. The number of carbonyl (C=O) groups excluding carboxylic acids is 2. The van der Waals surface area contributed by atoms with Gasteiger partial charge in [0.15, 0.2) is 5.58 Å². The van der Waals surface area contributed by atoms with Crippen LogP contribution in [0.5, 0.6) is 0 Å². The Morgan fingerprint density at radius 3 is 2.45 bits per heavy atom. The lowest BCUT2D eigenvalue weighted by atomic mass is 9.85. The number of pyridine rings is 2. The van der Waals surface area contributed by atoms with Crippen molar-refractivity contribution in [1.82, 2.24) is 14.9 Å². The number of furan rings is 1. The number of nitrogens with zero attached hydrogens (tertiary/aromatic N) is 3. The number of sulfonamides is 1. The van der Waals surface area contributed by atoms with Crippen LogP contribution in [-0.2, 0) is 14.8 Å². The summed E-state index contributed by atoms with van der Waals surface area (Å²) >= 11 is 5.88. The summed E-state index contributed by atoms with van der Waals surface area (Å²) in [5.41, 5.74) is 0.667. The van der Waals surface area contributed by atoms with E-state index in [-0.39, 0.29) is 45.9 Å². The van der Waals surface area contributed by atoms with Crippen LogP contribution < -0.4 is 15.4 Å². The Morgan fingerprint density at radius 2 is 1.79 bits per heavy atom. The maximum Gasteiger partial charge on any atom is 0.294 e. The van der Waals surface area contributed by atoms with E-state index in [0.717, 1.165) is 45.0 Å². The second-order valence-electron chi connectivity index (χ2n) is 9.80. The van der Waals surface area contributed by atoms with E-state index in [9.17, 15) is 18.0 Å². The van der Waals surface area contributed by atoms with Gasteiger partial charge in [-0.1, -0.05) is 11.6 Å². The van der Waals surface area contributed by atoms with Crippen LogP contribution in [0.25, 0.3) is 11.1 Å². The van der Waals surface area contributed by atoms with Crippen molar-refractivity contribution in [2.24, 2.45) is 5.92 Å². The first kappa shape index (κ1) is 26.4. The van der Waals surface area contributed by atoms with Gasteiger partial charge >= 0.3 is 0 Å². The number of fused-ring (bicyclic) bond motifs is 1. The van der Waals surface area contributed by atoms with Gasteiger partial charge in [-0.15, -0.1) is 0 Å². The van der Waals surface area contributed by atoms with Gasteiger partial charge in [-0.3, -0.25) is 14.3 Å². The molecule has 1 saturated carbocycles. The number of halogens is 1. The standard InChI is InChI=1S/C25H29ClN6O5S/c1-38(35,36)31-17-12-19-21(28-14-17)22(23(37-19)25(34)29-20-9-6-16(26)13-27-20)30-24(33)15-4-7-18(8-5-15)32-10-2-3-11-32/h6,9,12-15,18,31H,2-5,7-8,10-11H2,1H3,(H,30,33)(H,27,29,34). The van der Waals surface area contributed by atoms with E-state index < -0.39 is 15.9 Å². The molecule has 0 aromatic carbocycles. The van der Waals surface area contributed by atoms with Gasteiger partial charge in [0.2, 0.25) is 21.7 Å². The van der Waals surface area contributed by atoms with Gasteiger partial charge in [-0.2, -0.15) is 0 Å². The van der Waals surface area contributed by atoms with Gasteiger partial charge in [0.05, 0.1) is 23.2 Å². The van der Waals surface area contributed by atoms with E-state index >= 15 is 0 Å². The Labute approximate surface area is 225 Å². The molecule has 38 heavy (non-hydrogen) atoms. The largest absolute Gasteiger partial charge is 0.447 e. The van der Waals surface area contributed by atoms with Crippen molar-refractivity contribution in [3.63, 3.8) is 0 Å². The van der Waals surface area contributed by atoms with Crippen LogP contribution in [0.2, 0.25) is 5.02 Å². The first-order valence-electron chi connectivity index (χ1n) is 12.5. The van der Waals surface area contributed by atoms with Crippen molar-refractivity contribution >= 4 is 61.7 Å². The van der Waals surface area contributed by atoms with Crippen molar-refractivity contribution in [2.75, 3.05) is 34.7 Å². The maximum atomic E-state index is 13.3. The molecule has 2 aliphatic rings. The molecule has 1 aliphatic heterocycles. The Bertz CT molecular complexity index is 1440. The lowest BCUT2D eigenvalue weighted by Crippen LogP contribution is -2.38. The molecular formula is C25H29ClN6O5S.